The molecule has 3 aromatic carbocycles. The van der Waals surface area contributed by atoms with Crippen molar-refractivity contribution in [3.8, 4) is 17.1 Å². The number of amides is 1. The molecule has 190 valence electrons. The molecule has 0 unspecified atom stereocenters. The van der Waals surface area contributed by atoms with Crippen molar-refractivity contribution in [2.75, 3.05) is 29.8 Å². The zero-order valence-corrected chi connectivity index (χ0v) is 21.5. The van der Waals surface area contributed by atoms with Gasteiger partial charge in [-0.2, -0.15) is 0 Å². The first-order valence-electron chi connectivity index (χ1n) is 11.7. The molecule has 9 nitrogen and oxygen atoms in total. The Morgan fingerprint density at radius 2 is 1.78 bits per heavy atom. The molecule has 0 aliphatic carbocycles. The largest absolute Gasteiger partial charge is 0.484 e. The number of para-hydroxylation sites is 1. The van der Waals surface area contributed by atoms with Gasteiger partial charge in [0, 0.05) is 24.4 Å². The van der Waals surface area contributed by atoms with Gasteiger partial charge in [-0.05, 0) is 42.3 Å². The molecule has 2 heterocycles. The van der Waals surface area contributed by atoms with Gasteiger partial charge in [0.1, 0.15) is 5.75 Å². The fourth-order valence-corrected chi connectivity index (χ4v) is 6.12. The minimum Gasteiger partial charge on any atom is -0.484 e. The van der Waals surface area contributed by atoms with Gasteiger partial charge in [-0.1, -0.05) is 60.3 Å². The lowest BCUT2D eigenvalue weighted by atomic mass is 10.2. The number of H-pyrrole nitrogens is 1. The number of carbonyl (C=O) groups excluding carboxylic acids is 1. The lowest BCUT2D eigenvalue weighted by Crippen LogP contribution is -2.30. The van der Waals surface area contributed by atoms with E-state index < -0.39 is 10.0 Å². The van der Waals surface area contributed by atoms with E-state index in [0.717, 1.165) is 16.8 Å². The maximum atomic E-state index is 13.1. The molecule has 1 amide bonds. The summed E-state index contributed by atoms with van der Waals surface area (Å²) in [5, 5.41) is 10.5. The summed E-state index contributed by atoms with van der Waals surface area (Å²) in [7, 11) is -3.67. The Kier molecular flexibility index (Phi) is 7.42. The molecule has 4 aromatic rings. The van der Waals surface area contributed by atoms with Gasteiger partial charge < -0.3 is 10.1 Å². The molecule has 1 aliphatic rings. The molecular formula is C26H25N5O4S2. The van der Waals surface area contributed by atoms with Gasteiger partial charge in [-0.25, -0.2) is 13.4 Å². The number of hydrogen-bond acceptors (Lipinski definition) is 7. The van der Waals surface area contributed by atoms with E-state index in [4.69, 9.17) is 4.74 Å². The van der Waals surface area contributed by atoms with Crippen molar-refractivity contribution in [1.82, 2.24) is 20.5 Å². The smallest absolute Gasteiger partial charge is 0.264 e. The summed E-state index contributed by atoms with van der Waals surface area (Å²) in [4.78, 5) is 16.8. The van der Waals surface area contributed by atoms with Crippen molar-refractivity contribution in [1.29, 1.82) is 0 Å². The topological polar surface area (TPSA) is 117 Å². The van der Waals surface area contributed by atoms with Crippen molar-refractivity contribution in [2.45, 2.75) is 16.5 Å². The van der Waals surface area contributed by atoms with Crippen LogP contribution in [0.15, 0.2) is 88.9 Å². The number of aromatic nitrogens is 3. The first-order valence-corrected chi connectivity index (χ1v) is 14.1. The maximum absolute atomic E-state index is 13.1. The third-order valence-electron chi connectivity index (χ3n) is 5.79. The molecule has 11 heteroatoms. The number of ether oxygens (including phenoxy) is 1. The summed E-state index contributed by atoms with van der Waals surface area (Å²) in [5.41, 5.74) is 2.70. The second-order valence-corrected chi connectivity index (χ2v) is 11.2. The molecular weight excluding hydrogens is 510 g/mol. The van der Waals surface area contributed by atoms with Crippen LogP contribution >= 0.6 is 11.8 Å². The SMILES string of the molecule is O=C(COc1ccc(S(=O)(=O)N2CCc3ccccc32)cc1)NCCSc1n[nH]c(-c2ccccc2)n1. The number of rotatable bonds is 10. The molecule has 1 aromatic heterocycles. The average molecular weight is 536 g/mol. The van der Waals surface area contributed by atoms with Crippen molar-refractivity contribution in [2.24, 2.45) is 0 Å². The van der Waals surface area contributed by atoms with Crippen LogP contribution in [0.25, 0.3) is 11.4 Å². The monoisotopic (exact) mass is 535 g/mol. The Morgan fingerprint density at radius 3 is 2.59 bits per heavy atom. The van der Waals surface area contributed by atoms with Crippen molar-refractivity contribution in [3.63, 3.8) is 0 Å². The van der Waals surface area contributed by atoms with E-state index in [1.807, 2.05) is 54.6 Å². The molecule has 37 heavy (non-hydrogen) atoms. The number of nitrogens with one attached hydrogen (secondary N) is 2. The molecule has 0 saturated heterocycles. The molecule has 2 N–H and O–H groups in total. The molecule has 0 fully saturated rings. The summed E-state index contributed by atoms with van der Waals surface area (Å²) in [5.74, 6) is 1.44. The van der Waals surface area contributed by atoms with E-state index in [9.17, 15) is 13.2 Å². The fourth-order valence-electron chi connectivity index (χ4n) is 3.96. The van der Waals surface area contributed by atoms with Gasteiger partial charge in [0.25, 0.3) is 15.9 Å². The van der Waals surface area contributed by atoms with E-state index in [0.29, 0.717) is 42.0 Å². The Balaban J connectivity index is 1.06. The highest BCUT2D eigenvalue weighted by Gasteiger charge is 2.30. The third kappa shape index (κ3) is 5.78. The van der Waals surface area contributed by atoms with E-state index in [2.05, 4.69) is 20.5 Å². The van der Waals surface area contributed by atoms with Crippen LogP contribution < -0.4 is 14.4 Å². The highest BCUT2D eigenvalue weighted by Crippen LogP contribution is 2.33. The quantitative estimate of drug-likeness (QED) is 0.236. The number of sulfonamides is 1. The van der Waals surface area contributed by atoms with Crippen molar-refractivity contribution in [3.05, 3.63) is 84.4 Å². The van der Waals surface area contributed by atoms with Crippen LogP contribution in [-0.2, 0) is 21.2 Å². The number of aromatic amines is 1. The Bertz CT molecular complexity index is 1470. The van der Waals surface area contributed by atoms with Gasteiger partial charge in [0.2, 0.25) is 5.16 Å². The van der Waals surface area contributed by atoms with Gasteiger partial charge >= 0.3 is 0 Å². The predicted octanol–water partition coefficient (Wildman–Crippen LogP) is 3.51. The molecule has 0 atom stereocenters. The standard InChI is InChI=1S/C26H25N5O4S2/c32-24(27-15-17-36-26-28-25(29-30-26)20-7-2-1-3-8-20)18-35-21-10-12-22(13-11-21)37(33,34)31-16-14-19-6-4-5-9-23(19)31/h1-13H,14-18H2,(H,27,32)(H,28,29,30). The van der Waals surface area contributed by atoms with Gasteiger partial charge in [0.05, 0.1) is 10.6 Å². The average Bonchev–Trinajstić information content (AvgIpc) is 3.59. The zero-order valence-electron chi connectivity index (χ0n) is 19.8. The van der Waals surface area contributed by atoms with Gasteiger partial charge in [-0.3, -0.25) is 14.2 Å². The first-order chi connectivity index (χ1) is 18.0. The van der Waals surface area contributed by atoms with Gasteiger partial charge in [0.15, 0.2) is 12.4 Å². The second kappa shape index (κ2) is 11.1. The molecule has 0 bridgehead atoms. The summed E-state index contributed by atoms with van der Waals surface area (Å²) < 4.78 is 33.2. The number of fused-ring (bicyclic) bond motifs is 1. The van der Waals surface area contributed by atoms with Crippen LogP contribution in [0.3, 0.4) is 0 Å². The highest BCUT2D eigenvalue weighted by molar-refractivity contribution is 7.99. The summed E-state index contributed by atoms with van der Waals surface area (Å²) in [6.07, 6.45) is 0.692. The summed E-state index contributed by atoms with van der Waals surface area (Å²) >= 11 is 1.43. The molecule has 5 rings (SSSR count). The minimum atomic E-state index is -3.67. The second-order valence-electron chi connectivity index (χ2n) is 8.25. The number of hydrogen-bond donors (Lipinski definition) is 2. The first kappa shape index (κ1) is 24.8. The molecule has 0 spiro atoms. The Hall–Kier alpha value is -3.83. The molecule has 0 saturated carbocycles. The predicted molar refractivity (Wildman–Crippen MR) is 142 cm³/mol. The van der Waals surface area contributed by atoms with Crippen LogP contribution in [0.5, 0.6) is 5.75 Å². The number of anilines is 1. The number of nitrogens with zero attached hydrogens (tertiary/aromatic N) is 3. The van der Waals surface area contributed by atoms with Crippen LogP contribution in [-0.4, -0.2) is 55.0 Å². The van der Waals surface area contributed by atoms with E-state index in [1.54, 1.807) is 12.1 Å². The third-order valence-corrected chi connectivity index (χ3v) is 8.47. The van der Waals surface area contributed by atoms with Gasteiger partial charge in [-0.15, -0.1) is 5.10 Å². The number of benzene rings is 3. The lowest BCUT2D eigenvalue weighted by molar-refractivity contribution is -0.122. The van der Waals surface area contributed by atoms with E-state index >= 15 is 0 Å². The normalized spacial score (nSPS) is 12.8. The lowest BCUT2D eigenvalue weighted by Gasteiger charge is -2.19. The summed E-state index contributed by atoms with van der Waals surface area (Å²) in [6, 6.07) is 23.4. The highest BCUT2D eigenvalue weighted by atomic mass is 32.2. The minimum absolute atomic E-state index is 0.172. The zero-order chi connectivity index (χ0) is 25.7. The van der Waals surface area contributed by atoms with Crippen LogP contribution in [0, 0.1) is 0 Å². The van der Waals surface area contributed by atoms with Crippen LogP contribution in [0.2, 0.25) is 0 Å². The van der Waals surface area contributed by atoms with E-state index in [-0.39, 0.29) is 17.4 Å². The Labute approximate surface area is 219 Å². The maximum Gasteiger partial charge on any atom is 0.264 e. The summed E-state index contributed by atoms with van der Waals surface area (Å²) in [6.45, 7) is 0.675. The number of thioether (sulfide) groups is 1. The van der Waals surface area contributed by atoms with Crippen molar-refractivity contribution >= 4 is 33.4 Å². The fraction of sp³-hybridized carbons (Fsp3) is 0.192. The Morgan fingerprint density at radius 1 is 1.03 bits per heavy atom. The molecule has 1 aliphatic heterocycles. The molecule has 0 radical (unpaired) electrons. The number of carbonyl (C=O) groups is 1. The van der Waals surface area contributed by atoms with Crippen LogP contribution in [0.4, 0.5) is 5.69 Å². The van der Waals surface area contributed by atoms with Crippen molar-refractivity contribution < 1.29 is 17.9 Å². The van der Waals surface area contributed by atoms with Crippen LogP contribution in [0.1, 0.15) is 5.56 Å². The van der Waals surface area contributed by atoms with E-state index in [1.165, 1.54) is 28.2 Å².